The number of alkyl halides is 2. The smallest absolute Gasteiger partial charge is 0.263 e. The highest BCUT2D eigenvalue weighted by molar-refractivity contribution is 6.10. The molecule has 1 aromatic heterocycles. The molecule has 2 amide bonds. The van der Waals surface area contributed by atoms with Crippen LogP contribution in [0.2, 0.25) is 0 Å². The zero-order chi connectivity index (χ0) is 22.8. The van der Waals surface area contributed by atoms with Crippen LogP contribution in [-0.2, 0) is 6.54 Å². The van der Waals surface area contributed by atoms with Crippen molar-refractivity contribution in [1.29, 1.82) is 0 Å². The molecule has 6 N–H and O–H groups in total. The van der Waals surface area contributed by atoms with Gasteiger partial charge in [0, 0.05) is 34.9 Å². The first-order chi connectivity index (χ1) is 15.4. The van der Waals surface area contributed by atoms with E-state index in [4.69, 9.17) is 11.5 Å². The van der Waals surface area contributed by atoms with Gasteiger partial charge in [-0.1, -0.05) is 30.3 Å². The second-order valence-corrected chi connectivity index (χ2v) is 7.20. The van der Waals surface area contributed by atoms with Crippen LogP contribution in [0.5, 0.6) is 0 Å². The molecule has 0 radical (unpaired) electrons. The number of fused-ring (bicyclic) bond motifs is 1. The number of carbonyl (C=O) groups excluding carboxylic acids is 2. The number of aromatic nitrogens is 1. The average Bonchev–Trinajstić information content (AvgIpc) is 3.28. The third kappa shape index (κ3) is 3.83. The molecule has 4 rings (SSSR count). The van der Waals surface area contributed by atoms with Gasteiger partial charge >= 0.3 is 0 Å². The van der Waals surface area contributed by atoms with Gasteiger partial charge in [0.25, 0.3) is 18.2 Å². The van der Waals surface area contributed by atoms with Crippen LogP contribution in [0.15, 0.2) is 66.9 Å². The number of rotatable bonds is 6. The number of anilines is 1. The standard InChI is InChI=1S/C24H20F2N4O2/c25-22(26)13-4-6-14(7-5-13)24(32)30-20-3-1-2-15(19(20)12-27)16-8-9-18(23(28)31)21-17(16)10-11-29-21/h1-11,22,29H,12,27H2,(H2,28,31)(H,30,32). The molecule has 1 heterocycles. The Bertz CT molecular complexity index is 1310. The fourth-order valence-corrected chi connectivity index (χ4v) is 3.75. The number of amides is 2. The average molecular weight is 434 g/mol. The Kier molecular flexibility index (Phi) is 5.70. The maximum absolute atomic E-state index is 12.8. The molecule has 4 aromatic rings. The van der Waals surface area contributed by atoms with E-state index < -0.39 is 18.2 Å². The number of nitrogens with two attached hydrogens (primary N) is 2. The van der Waals surface area contributed by atoms with Crippen molar-refractivity contribution in [3.8, 4) is 11.1 Å². The van der Waals surface area contributed by atoms with E-state index in [-0.39, 0.29) is 17.7 Å². The number of hydrogen-bond acceptors (Lipinski definition) is 3. The normalized spacial score (nSPS) is 11.1. The molecule has 0 fully saturated rings. The van der Waals surface area contributed by atoms with Gasteiger partial charge in [-0.3, -0.25) is 9.59 Å². The first-order valence-electron chi connectivity index (χ1n) is 9.82. The van der Waals surface area contributed by atoms with Gasteiger partial charge in [0.05, 0.1) is 11.1 Å². The Balaban J connectivity index is 1.73. The zero-order valence-corrected chi connectivity index (χ0v) is 16.9. The summed E-state index contributed by atoms with van der Waals surface area (Å²) in [7, 11) is 0. The molecule has 0 saturated heterocycles. The van der Waals surface area contributed by atoms with Crippen molar-refractivity contribution < 1.29 is 18.4 Å². The summed E-state index contributed by atoms with van der Waals surface area (Å²) >= 11 is 0. The number of H-pyrrole nitrogens is 1. The van der Waals surface area contributed by atoms with Gasteiger partial charge < -0.3 is 21.8 Å². The summed E-state index contributed by atoms with van der Waals surface area (Å²) in [6, 6.07) is 15.8. The number of hydrogen-bond donors (Lipinski definition) is 4. The van der Waals surface area contributed by atoms with Crippen LogP contribution in [0.4, 0.5) is 14.5 Å². The molecule has 0 spiro atoms. The molecular weight excluding hydrogens is 414 g/mol. The third-order valence-electron chi connectivity index (χ3n) is 5.33. The summed E-state index contributed by atoms with van der Waals surface area (Å²) in [6.45, 7) is 0.138. The van der Waals surface area contributed by atoms with E-state index in [1.807, 2.05) is 12.1 Å². The molecular formula is C24H20F2N4O2. The monoisotopic (exact) mass is 434 g/mol. The quantitative estimate of drug-likeness (QED) is 0.356. The fraction of sp³-hybridized carbons (Fsp3) is 0.0833. The maximum Gasteiger partial charge on any atom is 0.263 e. The summed E-state index contributed by atoms with van der Waals surface area (Å²) in [5.41, 5.74) is 15.4. The van der Waals surface area contributed by atoms with E-state index in [0.29, 0.717) is 22.3 Å². The summed E-state index contributed by atoms with van der Waals surface area (Å²) in [6.07, 6.45) is -0.879. The fourth-order valence-electron chi connectivity index (χ4n) is 3.75. The first kappa shape index (κ1) is 21.2. The van der Waals surface area contributed by atoms with Crippen molar-refractivity contribution in [3.63, 3.8) is 0 Å². The van der Waals surface area contributed by atoms with Gasteiger partial charge in [-0.05, 0) is 47.0 Å². The molecule has 162 valence electrons. The van der Waals surface area contributed by atoms with Crippen molar-refractivity contribution in [2.75, 3.05) is 5.32 Å². The van der Waals surface area contributed by atoms with E-state index in [1.54, 1.807) is 30.5 Å². The van der Waals surface area contributed by atoms with Crippen molar-refractivity contribution in [2.24, 2.45) is 11.5 Å². The predicted octanol–water partition coefficient (Wildman–Crippen LogP) is 4.58. The Hall–Kier alpha value is -4.04. The van der Waals surface area contributed by atoms with Crippen molar-refractivity contribution in [1.82, 2.24) is 4.98 Å². The predicted molar refractivity (Wildman–Crippen MR) is 119 cm³/mol. The molecule has 0 atom stereocenters. The second kappa shape index (κ2) is 8.60. The molecule has 0 aliphatic carbocycles. The Morgan fingerprint density at radius 2 is 1.72 bits per heavy atom. The molecule has 0 unspecified atom stereocenters. The summed E-state index contributed by atoms with van der Waals surface area (Å²) < 4.78 is 25.5. The van der Waals surface area contributed by atoms with Crippen LogP contribution in [-0.4, -0.2) is 16.8 Å². The summed E-state index contributed by atoms with van der Waals surface area (Å²) in [5, 5.41) is 3.61. The van der Waals surface area contributed by atoms with Crippen molar-refractivity contribution in [2.45, 2.75) is 13.0 Å². The van der Waals surface area contributed by atoms with Crippen molar-refractivity contribution >= 4 is 28.4 Å². The van der Waals surface area contributed by atoms with Gasteiger partial charge in [-0.2, -0.15) is 0 Å². The molecule has 0 saturated carbocycles. The number of primary amides is 1. The molecule has 32 heavy (non-hydrogen) atoms. The van der Waals surface area contributed by atoms with E-state index in [9.17, 15) is 18.4 Å². The highest BCUT2D eigenvalue weighted by Gasteiger charge is 2.17. The van der Waals surface area contributed by atoms with Gasteiger partial charge in [0.15, 0.2) is 0 Å². The lowest BCUT2D eigenvalue weighted by molar-refractivity contribution is 0.0999. The number of nitrogens with one attached hydrogen (secondary N) is 2. The number of benzene rings is 3. The topological polar surface area (TPSA) is 114 Å². The molecule has 3 aromatic carbocycles. The van der Waals surface area contributed by atoms with Gasteiger partial charge in [-0.15, -0.1) is 0 Å². The summed E-state index contributed by atoms with van der Waals surface area (Å²) in [4.78, 5) is 27.5. The molecule has 6 nitrogen and oxygen atoms in total. The zero-order valence-electron chi connectivity index (χ0n) is 16.9. The van der Waals surface area contributed by atoms with Crippen molar-refractivity contribution in [3.05, 3.63) is 89.1 Å². The van der Waals surface area contributed by atoms with Gasteiger partial charge in [-0.25, -0.2) is 8.78 Å². The minimum Gasteiger partial charge on any atom is -0.366 e. The SMILES string of the molecule is NCc1c(NC(=O)c2ccc(C(F)F)cc2)cccc1-c1ccc(C(N)=O)c2[nH]ccc12. The van der Waals surface area contributed by atoms with Crippen LogP contribution in [0, 0.1) is 0 Å². The minimum absolute atomic E-state index is 0.138. The van der Waals surface area contributed by atoms with Gasteiger partial charge in [0.1, 0.15) is 0 Å². The lowest BCUT2D eigenvalue weighted by Crippen LogP contribution is -2.15. The van der Waals surface area contributed by atoms with E-state index in [1.165, 1.54) is 24.3 Å². The maximum atomic E-state index is 12.8. The summed E-state index contributed by atoms with van der Waals surface area (Å²) in [5.74, 6) is -0.976. The Morgan fingerprint density at radius 1 is 0.969 bits per heavy atom. The highest BCUT2D eigenvalue weighted by atomic mass is 19.3. The van der Waals surface area contributed by atoms with E-state index in [0.717, 1.165) is 16.5 Å². The molecule has 0 bridgehead atoms. The molecule has 0 aliphatic rings. The van der Waals surface area contributed by atoms with Gasteiger partial charge in [0.2, 0.25) is 0 Å². The highest BCUT2D eigenvalue weighted by Crippen LogP contribution is 2.35. The second-order valence-electron chi connectivity index (χ2n) is 7.20. The number of aromatic amines is 1. The number of halogens is 2. The van der Waals surface area contributed by atoms with Crippen LogP contribution >= 0.6 is 0 Å². The minimum atomic E-state index is -2.60. The van der Waals surface area contributed by atoms with E-state index in [2.05, 4.69) is 10.3 Å². The number of carbonyl (C=O) groups is 2. The lowest BCUT2D eigenvalue weighted by atomic mass is 9.94. The van der Waals surface area contributed by atoms with Crippen LogP contribution in [0.3, 0.4) is 0 Å². The van der Waals surface area contributed by atoms with Crippen LogP contribution in [0.1, 0.15) is 38.3 Å². The van der Waals surface area contributed by atoms with Crippen LogP contribution < -0.4 is 16.8 Å². The first-order valence-corrected chi connectivity index (χ1v) is 9.82. The van der Waals surface area contributed by atoms with E-state index >= 15 is 0 Å². The lowest BCUT2D eigenvalue weighted by Gasteiger charge is -2.16. The Labute approximate surface area is 182 Å². The van der Waals surface area contributed by atoms with Crippen LogP contribution in [0.25, 0.3) is 22.0 Å². The molecule has 0 aliphatic heterocycles. The molecule has 8 heteroatoms. The Morgan fingerprint density at radius 3 is 2.38 bits per heavy atom. The third-order valence-corrected chi connectivity index (χ3v) is 5.33. The largest absolute Gasteiger partial charge is 0.366 e.